The Hall–Kier alpha value is -3.72. The van der Waals surface area contributed by atoms with Gasteiger partial charge in [0.25, 0.3) is 5.91 Å². The zero-order chi connectivity index (χ0) is 22.1. The topological polar surface area (TPSA) is 93.5 Å². The zero-order valence-electron chi connectivity index (χ0n) is 16.7. The first kappa shape index (κ1) is 20.5. The average molecular weight is 439 g/mol. The molecule has 0 saturated heterocycles. The van der Waals surface area contributed by atoms with E-state index in [0.717, 1.165) is 21.5 Å². The highest BCUT2D eigenvalue weighted by Gasteiger charge is 2.20. The standard InChI is InChI=1S/C22H18FN3O4S/c1-12-16-10-18(20(28)24-17-5-3-4-15(19(17)27)22(29)30-2)31-21(16)26(25-12)11-13-6-8-14(23)9-7-13/h3-10,27H,11H2,1-2H3,(H,24,28). The number of carbonyl (C=O) groups excluding carboxylic acids is 2. The van der Waals surface area contributed by atoms with Crippen LogP contribution >= 0.6 is 11.3 Å². The summed E-state index contributed by atoms with van der Waals surface area (Å²) in [6.07, 6.45) is 0. The second-order valence-corrected chi connectivity index (χ2v) is 7.88. The van der Waals surface area contributed by atoms with E-state index in [2.05, 4.69) is 15.2 Å². The molecule has 2 aromatic carbocycles. The normalized spacial score (nSPS) is 10.9. The molecule has 0 aliphatic rings. The Kier molecular flexibility index (Phi) is 5.43. The van der Waals surface area contributed by atoms with Crippen LogP contribution < -0.4 is 5.32 Å². The SMILES string of the molecule is COC(=O)c1cccc(NC(=O)c2cc3c(C)nn(Cc4ccc(F)cc4)c3s2)c1O. The molecule has 158 valence electrons. The van der Waals surface area contributed by atoms with Crippen LogP contribution in [0.15, 0.2) is 48.5 Å². The van der Waals surface area contributed by atoms with Crippen LogP contribution in [0.4, 0.5) is 10.1 Å². The molecular formula is C22H18FN3O4S. The van der Waals surface area contributed by atoms with E-state index in [0.29, 0.717) is 11.4 Å². The second kappa shape index (κ2) is 8.19. The third kappa shape index (κ3) is 3.99. The number of hydrogen-bond donors (Lipinski definition) is 2. The van der Waals surface area contributed by atoms with Gasteiger partial charge in [0.1, 0.15) is 16.2 Å². The van der Waals surface area contributed by atoms with Gasteiger partial charge in [-0.05, 0) is 42.8 Å². The van der Waals surface area contributed by atoms with E-state index in [1.165, 1.54) is 48.8 Å². The number of fused-ring (bicyclic) bond motifs is 1. The van der Waals surface area contributed by atoms with Crippen molar-refractivity contribution in [2.75, 3.05) is 12.4 Å². The molecule has 4 aromatic rings. The molecule has 2 heterocycles. The number of nitrogens with one attached hydrogen (secondary N) is 1. The molecule has 0 unspecified atom stereocenters. The number of phenols is 1. The Morgan fingerprint density at radius 1 is 1.23 bits per heavy atom. The lowest BCUT2D eigenvalue weighted by atomic mass is 10.1. The van der Waals surface area contributed by atoms with Gasteiger partial charge in [-0.2, -0.15) is 5.10 Å². The molecule has 0 spiro atoms. The molecule has 4 rings (SSSR count). The van der Waals surface area contributed by atoms with Crippen molar-refractivity contribution in [3.05, 3.63) is 76.0 Å². The molecule has 0 atom stereocenters. The van der Waals surface area contributed by atoms with Gasteiger partial charge in [0.05, 0.1) is 29.9 Å². The fourth-order valence-corrected chi connectivity index (χ4v) is 4.25. The number of aromatic hydroxyl groups is 1. The van der Waals surface area contributed by atoms with Crippen molar-refractivity contribution in [1.29, 1.82) is 0 Å². The van der Waals surface area contributed by atoms with Crippen LogP contribution in [0.1, 0.15) is 31.3 Å². The number of nitrogens with zero attached hydrogens (tertiary/aromatic N) is 2. The smallest absolute Gasteiger partial charge is 0.341 e. The number of benzene rings is 2. The number of thiophene rings is 1. The number of aromatic nitrogens is 2. The van der Waals surface area contributed by atoms with Crippen molar-refractivity contribution in [3.63, 3.8) is 0 Å². The summed E-state index contributed by atoms with van der Waals surface area (Å²) in [5.74, 6) is -1.79. The summed E-state index contributed by atoms with van der Waals surface area (Å²) in [4.78, 5) is 25.8. The Labute approximate surface area is 180 Å². The number of ether oxygens (including phenoxy) is 1. The fraction of sp³-hybridized carbons (Fsp3) is 0.136. The van der Waals surface area contributed by atoms with Crippen LogP contribution in [0.25, 0.3) is 10.2 Å². The van der Waals surface area contributed by atoms with Gasteiger partial charge in [-0.15, -0.1) is 11.3 Å². The van der Waals surface area contributed by atoms with Crippen LogP contribution in [0.5, 0.6) is 5.75 Å². The van der Waals surface area contributed by atoms with E-state index in [-0.39, 0.29) is 22.8 Å². The summed E-state index contributed by atoms with van der Waals surface area (Å²) in [5.41, 5.74) is 1.72. The number of carbonyl (C=O) groups is 2. The molecule has 9 heteroatoms. The molecule has 7 nitrogen and oxygen atoms in total. The van der Waals surface area contributed by atoms with E-state index in [9.17, 15) is 19.1 Å². The lowest BCUT2D eigenvalue weighted by molar-refractivity contribution is 0.0597. The zero-order valence-corrected chi connectivity index (χ0v) is 17.5. The maximum Gasteiger partial charge on any atom is 0.341 e. The maximum atomic E-state index is 13.2. The molecule has 0 aliphatic carbocycles. The fourth-order valence-electron chi connectivity index (χ4n) is 3.20. The third-order valence-electron chi connectivity index (χ3n) is 4.77. The van der Waals surface area contributed by atoms with E-state index >= 15 is 0 Å². The third-order valence-corrected chi connectivity index (χ3v) is 5.91. The number of hydrogen-bond acceptors (Lipinski definition) is 6. The minimum Gasteiger partial charge on any atom is -0.505 e. The largest absolute Gasteiger partial charge is 0.505 e. The van der Waals surface area contributed by atoms with Gasteiger partial charge in [-0.3, -0.25) is 9.48 Å². The van der Waals surface area contributed by atoms with Gasteiger partial charge in [0.2, 0.25) is 0 Å². The van der Waals surface area contributed by atoms with Gasteiger partial charge in [-0.25, -0.2) is 9.18 Å². The summed E-state index contributed by atoms with van der Waals surface area (Å²) < 4.78 is 19.6. The quantitative estimate of drug-likeness (QED) is 0.356. The predicted octanol–water partition coefficient (Wildman–Crippen LogP) is 4.34. The molecule has 0 aliphatic heterocycles. The van der Waals surface area contributed by atoms with Crippen LogP contribution in [0.2, 0.25) is 0 Å². The van der Waals surface area contributed by atoms with Crippen molar-refractivity contribution in [2.24, 2.45) is 0 Å². The Morgan fingerprint density at radius 3 is 2.68 bits per heavy atom. The molecule has 2 N–H and O–H groups in total. The summed E-state index contributed by atoms with van der Waals surface area (Å²) in [6.45, 7) is 2.29. The average Bonchev–Trinajstić information content (AvgIpc) is 3.32. The van der Waals surface area contributed by atoms with Gasteiger partial charge in [0, 0.05) is 5.39 Å². The number of anilines is 1. The molecular weight excluding hydrogens is 421 g/mol. The number of halogens is 1. The number of esters is 1. The number of rotatable bonds is 5. The van der Waals surface area contributed by atoms with E-state index in [4.69, 9.17) is 0 Å². The highest BCUT2D eigenvalue weighted by Crippen LogP contribution is 2.32. The summed E-state index contributed by atoms with van der Waals surface area (Å²) in [7, 11) is 1.21. The lowest BCUT2D eigenvalue weighted by Gasteiger charge is -2.09. The van der Waals surface area contributed by atoms with Gasteiger partial charge < -0.3 is 15.2 Å². The van der Waals surface area contributed by atoms with Crippen molar-refractivity contribution in [3.8, 4) is 5.75 Å². The van der Waals surface area contributed by atoms with E-state index in [1.807, 2.05) is 6.92 Å². The Balaban J connectivity index is 1.61. The highest BCUT2D eigenvalue weighted by atomic mass is 32.1. The molecule has 0 saturated carbocycles. The number of phenolic OH excluding ortho intramolecular Hbond substituents is 1. The van der Waals surface area contributed by atoms with Gasteiger partial charge in [-0.1, -0.05) is 18.2 Å². The summed E-state index contributed by atoms with van der Waals surface area (Å²) in [6, 6.07) is 12.3. The van der Waals surface area contributed by atoms with Crippen molar-refractivity contribution < 1.29 is 23.8 Å². The Morgan fingerprint density at radius 2 is 1.97 bits per heavy atom. The minimum absolute atomic E-state index is 0.0394. The van der Waals surface area contributed by atoms with Crippen LogP contribution in [0.3, 0.4) is 0 Å². The number of amides is 1. The lowest BCUT2D eigenvalue weighted by Crippen LogP contribution is -2.11. The molecule has 0 radical (unpaired) electrons. The summed E-state index contributed by atoms with van der Waals surface area (Å²) >= 11 is 1.26. The van der Waals surface area contributed by atoms with Crippen molar-refractivity contribution in [2.45, 2.75) is 13.5 Å². The molecule has 1 amide bonds. The monoisotopic (exact) mass is 439 g/mol. The summed E-state index contributed by atoms with van der Waals surface area (Å²) in [5, 5.41) is 18.3. The maximum absolute atomic E-state index is 13.2. The molecule has 0 fully saturated rings. The first-order chi connectivity index (χ1) is 14.9. The second-order valence-electron chi connectivity index (χ2n) is 6.85. The highest BCUT2D eigenvalue weighted by molar-refractivity contribution is 7.20. The van der Waals surface area contributed by atoms with E-state index < -0.39 is 11.9 Å². The predicted molar refractivity (Wildman–Crippen MR) is 115 cm³/mol. The van der Waals surface area contributed by atoms with Crippen LogP contribution in [-0.2, 0) is 11.3 Å². The molecule has 31 heavy (non-hydrogen) atoms. The number of para-hydroxylation sites is 1. The van der Waals surface area contributed by atoms with Gasteiger partial charge >= 0.3 is 5.97 Å². The number of aryl methyl sites for hydroxylation is 1. The minimum atomic E-state index is -0.702. The first-order valence-corrected chi connectivity index (χ1v) is 10.1. The van der Waals surface area contributed by atoms with Crippen molar-refractivity contribution >= 4 is 39.1 Å². The number of methoxy groups -OCH3 is 1. The Bertz CT molecular complexity index is 1290. The molecule has 2 aromatic heterocycles. The van der Waals surface area contributed by atoms with Gasteiger partial charge in [0.15, 0.2) is 5.75 Å². The molecule has 0 bridgehead atoms. The van der Waals surface area contributed by atoms with E-state index in [1.54, 1.807) is 22.9 Å². The van der Waals surface area contributed by atoms with Crippen LogP contribution in [0, 0.1) is 12.7 Å². The van der Waals surface area contributed by atoms with Crippen LogP contribution in [-0.4, -0.2) is 33.9 Å². The first-order valence-electron chi connectivity index (χ1n) is 9.30. The van der Waals surface area contributed by atoms with Crippen molar-refractivity contribution in [1.82, 2.24) is 9.78 Å².